The summed E-state index contributed by atoms with van der Waals surface area (Å²) >= 11 is 0. The van der Waals surface area contributed by atoms with Crippen molar-refractivity contribution in [3.63, 3.8) is 0 Å². The van der Waals surface area contributed by atoms with Gasteiger partial charge in [0.2, 0.25) is 0 Å². The largest absolute Gasteiger partial charge is 0.481 e. The Hall–Kier alpha value is -1.35. The number of hydrogen-bond donors (Lipinski definition) is 2. The molecule has 17 heavy (non-hydrogen) atoms. The Morgan fingerprint density at radius 1 is 1.29 bits per heavy atom. The Balaban J connectivity index is 2.97. The highest BCUT2D eigenvalue weighted by Gasteiger charge is 2.19. The lowest BCUT2D eigenvalue weighted by atomic mass is 9.90. The standard InChI is InChI=1S/C14H21NO2/c1-9-6-10(2)13(11(3)7-9)8-12(4-5-15)14(16)17/h6-7,12H,4-5,8,15H2,1-3H3,(H,16,17). The average Bonchev–Trinajstić information content (AvgIpc) is 2.21. The van der Waals surface area contributed by atoms with Crippen LogP contribution in [0.4, 0.5) is 0 Å². The lowest BCUT2D eigenvalue weighted by molar-refractivity contribution is -0.141. The van der Waals surface area contributed by atoms with Crippen molar-refractivity contribution in [2.24, 2.45) is 11.7 Å². The Bertz CT molecular complexity index is 390. The molecule has 0 aliphatic heterocycles. The van der Waals surface area contributed by atoms with Gasteiger partial charge in [-0.15, -0.1) is 0 Å². The third-order valence-electron chi connectivity index (χ3n) is 3.16. The lowest BCUT2D eigenvalue weighted by Crippen LogP contribution is -2.21. The van der Waals surface area contributed by atoms with Crippen LogP contribution in [0.3, 0.4) is 0 Å². The quantitative estimate of drug-likeness (QED) is 0.822. The van der Waals surface area contributed by atoms with E-state index >= 15 is 0 Å². The van der Waals surface area contributed by atoms with Crippen molar-refractivity contribution in [1.82, 2.24) is 0 Å². The molecule has 1 rings (SSSR count). The highest BCUT2D eigenvalue weighted by Crippen LogP contribution is 2.21. The molecule has 0 saturated heterocycles. The van der Waals surface area contributed by atoms with Gasteiger partial charge >= 0.3 is 5.97 Å². The minimum absolute atomic E-state index is 0.375. The minimum atomic E-state index is -0.755. The highest BCUT2D eigenvalue weighted by molar-refractivity contribution is 5.70. The molecular formula is C14H21NO2. The molecule has 0 saturated carbocycles. The van der Waals surface area contributed by atoms with Crippen LogP contribution in [0.2, 0.25) is 0 Å². The van der Waals surface area contributed by atoms with Crippen LogP contribution in [0.5, 0.6) is 0 Å². The molecule has 0 amide bonds. The molecule has 0 spiro atoms. The van der Waals surface area contributed by atoms with Crippen LogP contribution < -0.4 is 5.73 Å². The summed E-state index contributed by atoms with van der Waals surface area (Å²) in [7, 11) is 0. The van der Waals surface area contributed by atoms with E-state index in [1.54, 1.807) is 0 Å². The smallest absolute Gasteiger partial charge is 0.306 e. The van der Waals surface area contributed by atoms with Gasteiger partial charge in [-0.05, 0) is 56.8 Å². The van der Waals surface area contributed by atoms with Crippen molar-refractivity contribution in [2.75, 3.05) is 6.54 Å². The van der Waals surface area contributed by atoms with Crippen molar-refractivity contribution < 1.29 is 9.90 Å². The Morgan fingerprint density at radius 2 is 1.82 bits per heavy atom. The van der Waals surface area contributed by atoms with E-state index in [4.69, 9.17) is 10.8 Å². The van der Waals surface area contributed by atoms with Crippen LogP contribution in [-0.2, 0) is 11.2 Å². The van der Waals surface area contributed by atoms with E-state index in [0.29, 0.717) is 19.4 Å². The first-order chi connectivity index (χ1) is 7.95. The fourth-order valence-corrected chi connectivity index (χ4v) is 2.29. The van der Waals surface area contributed by atoms with Gasteiger partial charge in [-0.2, -0.15) is 0 Å². The Kier molecular flexibility index (Phi) is 4.70. The lowest BCUT2D eigenvalue weighted by Gasteiger charge is -2.16. The molecule has 0 aliphatic carbocycles. The molecule has 0 heterocycles. The third kappa shape index (κ3) is 3.56. The molecule has 1 unspecified atom stereocenters. The normalized spacial score (nSPS) is 12.5. The van der Waals surface area contributed by atoms with Crippen molar-refractivity contribution in [2.45, 2.75) is 33.6 Å². The van der Waals surface area contributed by atoms with Crippen molar-refractivity contribution >= 4 is 5.97 Å². The molecule has 0 fully saturated rings. The van der Waals surface area contributed by atoms with Gasteiger partial charge < -0.3 is 10.8 Å². The van der Waals surface area contributed by atoms with Crippen molar-refractivity contribution in [3.8, 4) is 0 Å². The number of carboxylic acids is 1. The molecular weight excluding hydrogens is 214 g/mol. The SMILES string of the molecule is Cc1cc(C)c(CC(CCN)C(=O)O)c(C)c1. The second kappa shape index (κ2) is 5.82. The first kappa shape index (κ1) is 13.7. The summed E-state index contributed by atoms with van der Waals surface area (Å²) in [5.41, 5.74) is 10.2. The van der Waals surface area contributed by atoms with E-state index in [1.807, 2.05) is 13.8 Å². The first-order valence-corrected chi connectivity index (χ1v) is 5.95. The zero-order chi connectivity index (χ0) is 13.0. The molecule has 3 heteroatoms. The number of rotatable bonds is 5. The molecule has 1 aromatic carbocycles. The number of aliphatic carboxylic acids is 1. The third-order valence-corrected chi connectivity index (χ3v) is 3.16. The first-order valence-electron chi connectivity index (χ1n) is 5.95. The predicted octanol–water partition coefficient (Wildman–Crippen LogP) is 2.20. The van der Waals surface area contributed by atoms with E-state index in [9.17, 15) is 4.79 Å². The maximum absolute atomic E-state index is 11.1. The number of aryl methyl sites for hydroxylation is 3. The van der Waals surface area contributed by atoms with Crippen LogP contribution in [0, 0.1) is 26.7 Å². The Morgan fingerprint density at radius 3 is 2.24 bits per heavy atom. The molecule has 1 aromatic rings. The van der Waals surface area contributed by atoms with E-state index in [2.05, 4.69) is 19.1 Å². The summed E-state index contributed by atoms with van der Waals surface area (Å²) in [6.45, 7) is 6.55. The molecule has 1 atom stereocenters. The van der Waals surface area contributed by atoms with Crippen molar-refractivity contribution in [1.29, 1.82) is 0 Å². The van der Waals surface area contributed by atoms with Crippen LogP contribution >= 0.6 is 0 Å². The molecule has 0 bridgehead atoms. The molecule has 94 valence electrons. The van der Waals surface area contributed by atoms with Crippen LogP contribution in [0.15, 0.2) is 12.1 Å². The van der Waals surface area contributed by atoms with E-state index in [-0.39, 0.29) is 5.92 Å². The molecule has 3 N–H and O–H groups in total. The van der Waals surface area contributed by atoms with Crippen LogP contribution in [0.1, 0.15) is 28.7 Å². The Labute approximate surface area is 103 Å². The maximum Gasteiger partial charge on any atom is 0.306 e. The van der Waals surface area contributed by atoms with Gasteiger partial charge in [0, 0.05) is 0 Å². The summed E-state index contributed by atoms with van der Waals surface area (Å²) in [6, 6.07) is 4.20. The topological polar surface area (TPSA) is 63.3 Å². The minimum Gasteiger partial charge on any atom is -0.481 e. The van der Waals surface area contributed by atoms with Crippen LogP contribution in [-0.4, -0.2) is 17.6 Å². The average molecular weight is 235 g/mol. The van der Waals surface area contributed by atoms with E-state index < -0.39 is 5.97 Å². The van der Waals surface area contributed by atoms with Gasteiger partial charge in [0.05, 0.1) is 5.92 Å². The summed E-state index contributed by atoms with van der Waals surface area (Å²) in [4.78, 5) is 11.1. The maximum atomic E-state index is 11.1. The van der Waals surface area contributed by atoms with Crippen LogP contribution in [0.25, 0.3) is 0 Å². The zero-order valence-corrected chi connectivity index (χ0v) is 10.8. The molecule has 0 aromatic heterocycles. The summed E-state index contributed by atoms with van der Waals surface area (Å²) in [5, 5.41) is 9.15. The predicted molar refractivity (Wildman–Crippen MR) is 69.2 cm³/mol. The number of carboxylic acid groups (broad SMARTS) is 1. The van der Waals surface area contributed by atoms with Gasteiger partial charge in [-0.25, -0.2) is 0 Å². The fraction of sp³-hybridized carbons (Fsp3) is 0.500. The van der Waals surface area contributed by atoms with Gasteiger partial charge in [0.25, 0.3) is 0 Å². The number of carbonyl (C=O) groups is 1. The monoisotopic (exact) mass is 235 g/mol. The summed E-state index contributed by atoms with van der Waals surface area (Å²) < 4.78 is 0. The van der Waals surface area contributed by atoms with Gasteiger partial charge in [0.15, 0.2) is 0 Å². The van der Waals surface area contributed by atoms with Gasteiger partial charge in [-0.3, -0.25) is 4.79 Å². The molecule has 0 aliphatic rings. The fourth-order valence-electron chi connectivity index (χ4n) is 2.29. The second-order valence-corrected chi connectivity index (χ2v) is 4.69. The zero-order valence-electron chi connectivity index (χ0n) is 10.8. The summed E-state index contributed by atoms with van der Waals surface area (Å²) in [5.74, 6) is -1.13. The molecule has 3 nitrogen and oxygen atoms in total. The molecule has 0 radical (unpaired) electrons. The summed E-state index contributed by atoms with van der Waals surface area (Å²) in [6.07, 6.45) is 1.10. The van der Waals surface area contributed by atoms with E-state index in [1.165, 1.54) is 16.7 Å². The number of nitrogens with two attached hydrogens (primary N) is 1. The second-order valence-electron chi connectivity index (χ2n) is 4.69. The van der Waals surface area contributed by atoms with Gasteiger partial charge in [0.1, 0.15) is 0 Å². The number of hydrogen-bond acceptors (Lipinski definition) is 2. The highest BCUT2D eigenvalue weighted by atomic mass is 16.4. The van der Waals surface area contributed by atoms with E-state index in [0.717, 1.165) is 5.56 Å². The van der Waals surface area contributed by atoms with Crippen molar-refractivity contribution in [3.05, 3.63) is 34.4 Å². The van der Waals surface area contributed by atoms with Gasteiger partial charge in [-0.1, -0.05) is 17.7 Å². The number of benzene rings is 1.